The lowest BCUT2D eigenvalue weighted by molar-refractivity contribution is -0.137. The molecule has 2 N–H and O–H groups in total. The van der Waals surface area contributed by atoms with Crippen molar-refractivity contribution in [3.05, 3.63) is 39.0 Å². The highest BCUT2D eigenvalue weighted by Gasteiger charge is 2.30. The number of hydrogen-bond acceptors (Lipinski definition) is 4. The van der Waals surface area contributed by atoms with Gasteiger partial charge in [-0.3, -0.25) is 14.5 Å². The van der Waals surface area contributed by atoms with Crippen molar-refractivity contribution in [3.63, 3.8) is 0 Å². The van der Waals surface area contributed by atoms with Crippen molar-refractivity contribution in [2.45, 2.75) is 6.92 Å². The van der Waals surface area contributed by atoms with Crippen molar-refractivity contribution in [1.82, 2.24) is 4.90 Å². The second-order valence-electron chi connectivity index (χ2n) is 4.29. The number of rotatable bonds is 4. The smallest absolute Gasteiger partial charge is 0.277 e. The molecule has 7 heteroatoms. The van der Waals surface area contributed by atoms with E-state index >= 15 is 0 Å². The number of imide groups is 1. The van der Waals surface area contributed by atoms with E-state index in [9.17, 15) is 9.59 Å². The molecular formula is C13H12BrClN2O3. The van der Waals surface area contributed by atoms with E-state index < -0.39 is 11.8 Å². The summed E-state index contributed by atoms with van der Waals surface area (Å²) >= 11 is 9.51. The molecule has 5 nitrogen and oxygen atoms in total. The molecule has 1 heterocycles. The van der Waals surface area contributed by atoms with Crippen LogP contribution in [0.1, 0.15) is 5.56 Å². The monoisotopic (exact) mass is 358 g/mol. The minimum atomic E-state index is -0.474. The largest absolute Gasteiger partial charge is 0.395 e. The maximum atomic E-state index is 12.0. The second-order valence-corrected chi connectivity index (χ2v) is 5.58. The van der Waals surface area contributed by atoms with Gasteiger partial charge in [-0.15, -0.1) is 0 Å². The van der Waals surface area contributed by atoms with Crippen LogP contribution in [-0.2, 0) is 9.59 Å². The molecule has 1 aromatic carbocycles. The molecule has 1 aromatic rings. The topological polar surface area (TPSA) is 69.6 Å². The Labute approximate surface area is 129 Å². The summed E-state index contributed by atoms with van der Waals surface area (Å²) in [7, 11) is 0. The molecule has 0 fully saturated rings. The summed E-state index contributed by atoms with van der Waals surface area (Å²) in [5.74, 6) is -0.924. The second kappa shape index (κ2) is 5.95. The van der Waals surface area contributed by atoms with Gasteiger partial charge in [0.15, 0.2) is 0 Å². The molecule has 2 rings (SSSR count). The zero-order valence-electron chi connectivity index (χ0n) is 10.6. The van der Waals surface area contributed by atoms with Crippen molar-refractivity contribution in [3.8, 4) is 0 Å². The molecule has 0 saturated carbocycles. The summed E-state index contributed by atoms with van der Waals surface area (Å²) in [6.07, 6.45) is 1.20. The first kappa shape index (κ1) is 15.0. The Balaban J connectivity index is 2.26. The Kier molecular flexibility index (Phi) is 4.47. The Morgan fingerprint density at radius 3 is 2.75 bits per heavy atom. The van der Waals surface area contributed by atoms with Crippen LogP contribution in [0.3, 0.4) is 0 Å². The average Bonchev–Trinajstić information content (AvgIpc) is 2.63. The number of carbonyl (C=O) groups excluding carboxylic acids is 2. The van der Waals surface area contributed by atoms with E-state index in [-0.39, 0.29) is 18.8 Å². The average molecular weight is 360 g/mol. The minimum absolute atomic E-state index is 0.0232. The van der Waals surface area contributed by atoms with Crippen LogP contribution in [0, 0.1) is 6.92 Å². The van der Waals surface area contributed by atoms with Crippen LogP contribution in [0.15, 0.2) is 28.4 Å². The highest BCUT2D eigenvalue weighted by atomic mass is 79.9. The third-order valence-electron chi connectivity index (χ3n) is 2.82. The van der Waals surface area contributed by atoms with Gasteiger partial charge in [-0.1, -0.05) is 27.5 Å². The van der Waals surface area contributed by atoms with Crippen LogP contribution >= 0.6 is 27.5 Å². The van der Waals surface area contributed by atoms with Crippen LogP contribution in [0.2, 0.25) is 5.02 Å². The first-order valence-corrected chi connectivity index (χ1v) is 7.02. The van der Waals surface area contributed by atoms with E-state index in [1.165, 1.54) is 6.08 Å². The maximum absolute atomic E-state index is 12.0. The number of nitrogens with one attached hydrogen (secondary N) is 1. The minimum Gasteiger partial charge on any atom is -0.395 e. The van der Waals surface area contributed by atoms with Gasteiger partial charge in [0.25, 0.3) is 11.8 Å². The predicted octanol–water partition coefficient (Wildman–Crippen LogP) is 2.07. The number of amides is 2. The van der Waals surface area contributed by atoms with Gasteiger partial charge in [-0.25, -0.2) is 0 Å². The van der Waals surface area contributed by atoms with E-state index in [1.54, 1.807) is 6.07 Å². The van der Waals surface area contributed by atoms with E-state index in [0.717, 1.165) is 14.9 Å². The van der Waals surface area contributed by atoms with Crippen LogP contribution in [0.4, 0.5) is 5.69 Å². The highest BCUT2D eigenvalue weighted by Crippen LogP contribution is 2.31. The lowest BCUT2D eigenvalue weighted by Gasteiger charge is -2.14. The molecule has 0 bridgehead atoms. The molecule has 0 radical (unpaired) electrons. The van der Waals surface area contributed by atoms with Gasteiger partial charge < -0.3 is 10.4 Å². The van der Waals surface area contributed by atoms with E-state index in [2.05, 4.69) is 21.2 Å². The number of benzene rings is 1. The lowest BCUT2D eigenvalue weighted by atomic mass is 10.2. The van der Waals surface area contributed by atoms with Crippen LogP contribution in [-0.4, -0.2) is 35.0 Å². The molecule has 106 valence electrons. The van der Waals surface area contributed by atoms with Gasteiger partial charge in [-0.2, -0.15) is 0 Å². The molecule has 0 aromatic heterocycles. The molecule has 20 heavy (non-hydrogen) atoms. The fourth-order valence-corrected chi connectivity index (χ4v) is 2.60. The Hall–Kier alpha value is -1.37. The summed E-state index contributed by atoms with van der Waals surface area (Å²) in [6, 6.07) is 3.57. The van der Waals surface area contributed by atoms with Crippen molar-refractivity contribution < 1.29 is 14.7 Å². The van der Waals surface area contributed by atoms with E-state index in [0.29, 0.717) is 10.7 Å². The molecule has 0 saturated heterocycles. The molecular weight excluding hydrogens is 348 g/mol. The fraction of sp³-hybridized carbons (Fsp3) is 0.231. The fourth-order valence-electron chi connectivity index (χ4n) is 1.87. The third kappa shape index (κ3) is 2.87. The van der Waals surface area contributed by atoms with Crippen molar-refractivity contribution in [2.24, 2.45) is 0 Å². The van der Waals surface area contributed by atoms with Gasteiger partial charge in [0, 0.05) is 10.5 Å². The number of aliphatic hydroxyl groups excluding tert-OH is 1. The van der Waals surface area contributed by atoms with Crippen molar-refractivity contribution in [2.75, 3.05) is 18.5 Å². The number of aryl methyl sites for hydroxylation is 1. The number of β-amino-alcohol motifs (C(OH)–C–C–N with tert-alkyl or cyclic N) is 1. The Morgan fingerprint density at radius 1 is 1.40 bits per heavy atom. The standard InChI is InChI=1S/C13H12BrClN2O3/c1-7-4-8(14)5-9(12(7)15)16-10-6-11(19)17(2-3-18)13(10)20/h4-6,16,18H,2-3H2,1H3. The van der Waals surface area contributed by atoms with Crippen LogP contribution < -0.4 is 5.32 Å². The normalized spacial score (nSPS) is 14.8. The van der Waals surface area contributed by atoms with Gasteiger partial charge in [0.05, 0.1) is 23.9 Å². The predicted molar refractivity (Wildman–Crippen MR) is 79.4 cm³/mol. The SMILES string of the molecule is Cc1cc(Br)cc(NC2=CC(=O)N(CCO)C2=O)c1Cl. The molecule has 0 unspecified atom stereocenters. The molecule has 2 amide bonds. The summed E-state index contributed by atoms with van der Waals surface area (Å²) < 4.78 is 0.812. The van der Waals surface area contributed by atoms with Crippen molar-refractivity contribution >= 4 is 45.0 Å². The highest BCUT2D eigenvalue weighted by molar-refractivity contribution is 9.10. The first-order valence-electron chi connectivity index (χ1n) is 5.85. The number of carbonyl (C=O) groups is 2. The summed E-state index contributed by atoms with van der Waals surface area (Å²) in [5.41, 5.74) is 1.52. The van der Waals surface area contributed by atoms with E-state index in [1.807, 2.05) is 13.0 Å². The zero-order chi connectivity index (χ0) is 14.9. The summed E-state index contributed by atoms with van der Waals surface area (Å²) in [5, 5.41) is 12.2. The number of nitrogens with zero attached hydrogens (tertiary/aromatic N) is 1. The van der Waals surface area contributed by atoms with Gasteiger partial charge in [0.2, 0.25) is 0 Å². The summed E-state index contributed by atoms with van der Waals surface area (Å²) in [6.45, 7) is 1.55. The third-order valence-corrected chi connectivity index (χ3v) is 3.78. The molecule has 1 aliphatic heterocycles. The molecule has 0 atom stereocenters. The Morgan fingerprint density at radius 2 is 2.10 bits per heavy atom. The quantitative estimate of drug-likeness (QED) is 0.808. The number of halogens is 2. The van der Waals surface area contributed by atoms with Crippen LogP contribution in [0.5, 0.6) is 0 Å². The van der Waals surface area contributed by atoms with Crippen LogP contribution in [0.25, 0.3) is 0 Å². The molecule has 1 aliphatic rings. The van der Waals surface area contributed by atoms with Gasteiger partial charge in [-0.05, 0) is 24.6 Å². The lowest BCUT2D eigenvalue weighted by Crippen LogP contribution is -2.34. The number of anilines is 1. The Bertz CT molecular complexity index is 616. The number of hydrogen-bond donors (Lipinski definition) is 2. The first-order chi connectivity index (χ1) is 9.43. The maximum Gasteiger partial charge on any atom is 0.277 e. The summed E-state index contributed by atoms with van der Waals surface area (Å²) in [4.78, 5) is 24.6. The zero-order valence-corrected chi connectivity index (χ0v) is 13.0. The molecule has 0 aliphatic carbocycles. The molecule has 0 spiro atoms. The van der Waals surface area contributed by atoms with Gasteiger partial charge in [0.1, 0.15) is 5.70 Å². The van der Waals surface area contributed by atoms with Crippen molar-refractivity contribution in [1.29, 1.82) is 0 Å². The van der Waals surface area contributed by atoms with Gasteiger partial charge >= 0.3 is 0 Å². The van der Waals surface area contributed by atoms with E-state index in [4.69, 9.17) is 16.7 Å². The number of aliphatic hydroxyl groups is 1.